The zero-order valence-corrected chi connectivity index (χ0v) is 30.4. The fourth-order valence-corrected chi connectivity index (χ4v) is 7.64. The van der Waals surface area contributed by atoms with Gasteiger partial charge < -0.3 is 15.1 Å². The van der Waals surface area contributed by atoms with Crippen molar-refractivity contribution in [2.75, 3.05) is 26.7 Å². The number of phenolic OH excluding ortho intramolecular Hbond substituents is 1. The molecule has 0 amide bonds. The third-order valence-corrected chi connectivity index (χ3v) is 9.98. The average Bonchev–Trinajstić information content (AvgIpc) is 3.61. The van der Waals surface area contributed by atoms with Gasteiger partial charge in [-0.25, -0.2) is 4.39 Å². The molecule has 1 aliphatic carbocycles. The summed E-state index contributed by atoms with van der Waals surface area (Å²) >= 11 is 0. The number of nitrogens with zero attached hydrogens (tertiary/aromatic N) is 4. The van der Waals surface area contributed by atoms with Crippen LogP contribution in [0.1, 0.15) is 87.2 Å². The molecule has 2 aliphatic rings. The number of phenols is 1. The number of benzene rings is 2. The summed E-state index contributed by atoms with van der Waals surface area (Å²) in [6.45, 7) is 10.1. The largest absolute Gasteiger partial charge is 0.508 e. The maximum atomic E-state index is 14.3. The fraction of sp³-hybridized carbons (Fsp3) is 0.556. The molecule has 1 aliphatic heterocycles. The fourth-order valence-electron chi connectivity index (χ4n) is 7.64. The molecule has 2 fully saturated rings. The zero-order valence-electron chi connectivity index (χ0n) is 27.9. The number of aromatic hydroxyl groups is 1. The van der Waals surface area contributed by atoms with Gasteiger partial charge in [-0.2, -0.15) is 5.10 Å². The van der Waals surface area contributed by atoms with Gasteiger partial charge in [0.15, 0.2) is 0 Å². The lowest BCUT2D eigenvalue weighted by molar-refractivity contribution is -0.144. The number of likely N-dealkylation sites (N-methyl/N-ethyl adjacent to an activating group) is 1. The van der Waals surface area contributed by atoms with Crippen molar-refractivity contribution in [2.24, 2.45) is 11.8 Å². The van der Waals surface area contributed by atoms with Crippen molar-refractivity contribution in [3.05, 3.63) is 82.9 Å². The van der Waals surface area contributed by atoms with Crippen LogP contribution in [0.4, 0.5) is 4.39 Å². The van der Waals surface area contributed by atoms with E-state index in [1.807, 2.05) is 25.2 Å². The second kappa shape index (κ2) is 18.4. The van der Waals surface area contributed by atoms with Crippen LogP contribution in [0.2, 0.25) is 0 Å². The minimum absolute atomic E-state index is 0. The smallest absolute Gasteiger partial charge is 0.320 e. The Labute approximate surface area is 298 Å². The van der Waals surface area contributed by atoms with Gasteiger partial charge in [-0.1, -0.05) is 38.1 Å². The number of aromatic nitrogens is 2. The quantitative estimate of drug-likeness (QED) is 0.200. The number of aryl methyl sites for hydroxylation is 1. The average molecular weight is 714 g/mol. The topological polar surface area (TPSA) is 81.8 Å². The molecule has 2 N–H and O–H groups in total. The highest BCUT2D eigenvalue weighted by atomic mass is 35.5. The van der Waals surface area contributed by atoms with E-state index in [0.29, 0.717) is 24.2 Å². The summed E-state index contributed by atoms with van der Waals surface area (Å²) < 4.78 is 16.5. The predicted octanol–water partition coefficient (Wildman–Crippen LogP) is 7.78. The van der Waals surface area contributed by atoms with Crippen molar-refractivity contribution in [2.45, 2.75) is 89.8 Å². The number of hydrogen-bond acceptors (Lipinski definition) is 5. The second-order valence-corrected chi connectivity index (χ2v) is 13.5. The first-order chi connectivity index (χ1) is 21.1. The zero-order chi connectivity index (χ0) is 31.4. The van der Waals surface area contributed by atoms with E-state index < -0.39 is 12.0 Å². The van der Waals surface area contributed by atoms with E-state index in [9.17, 15) is 19.4 Å². The molecule has 262 valence electrons. The molecular formula is C36H52Cl3FN4O3. The number of carbonyl (C=O) groups is 1. The Morgan fingerprint density at radius 3 is 2.32 bits per heavy atom. The van der Waals surface area contributed by atoms with Crippen LogP contribution in [0.3, 0.4) is 0 Å². The van der Waals surface area contributed by atoms with E-state index in [-0.39, 0.29) is 60.7 Å². The minimum Gasteiger partial charge on any atom is -0.508 e. The summed E-state index contributed by atoms with van der Waals surface area (Å²) in [5.74, 6) is 0.607. The van der Waals surface area contributed by atoms with Gasteiger partial charge in [-0.3, -0.25) is 14.4 Å². The number of rotatable bonds is 12. The lowest BCUT2D eigenvalue weighted by atomic mass is 9.87. The second-order valence-electron chi connectivity index (χ2n) is 13.5. The van der Waals surface area contributed by atoms with E-state index >= 15 is 0 Å². The molecular weight excluding hydrogens is 662 g/mol. The van der Waals surface area contributed by atoms with E-state index in [2.05, 4.69) is 41.3 Å². The van der Waals surface area contributed by atoms with Gasteiger partial charge in [-0.05, 0) is 118 Å². The van der Waals surface area contributed by atoms with Crippen molar-refractivity contribution in [1.29, 1.82) is 0 Å². The van der Waals surface area contributed by atoms with Gasteiger partial charge in [0.1, 0.15) is 17.6 Å². The normalized spacial score (nSPS) is 20.8. The van der Waals surface area contributed by atoms with Crippen LogP contribution in [0, 0.1) is 17.7 Å². The first kappa shape index (κ1) is 40.8. The van der Waals surface area contributed by atoms with Crippen molar-refractivity contribution in [3.63, 3.8) is 0 Å². The summed E-state index contributed by atoms with van der Waals surface area (Å²) in [6, 6.07) is 16.3. The maximum absolute atomic E-state index is 14.3. The van der Waals surface area contributed by atoms with Crippen molar-refractivity contribution >= 4 is 43.2 Å². The highest BCUT2D eigenvalue weighted by Gasteiger charge is 2.41. The monoisotopic (exact) mass is 712 g/mol. The molecule has 11 heteroatoms. The molecule has 0 spiro atoms. The maximum Gasteiger partial charge on any atom is 0.320 e. The van der Waals surface area contributed by atoms with E-state index in [1.54, 1.807) is 24.3 Å². The molecule has 1 saturated carbocycles. The van der Waals surface area contributed by atoms with Gasteiger partial charge >= 0.3 is 5.97 Å². The Bertz CT molecular complexity index is 1400. The summed E-state index contributed by atoms with van der Waals surface area (Å²) in [4.78, 5) is 16.9. The number of halogens is 4. The summed E-state index contributed by atoms with van der Waals surface area (Å²) in [5, 5.41) is 24.6. The van der Waals surface area contributed by atoms with Gasteiger partial charge in [0.05, 0.1) is 5.69 Å². The van der Waals surface area contributed by atoms with Crippen LogP contribution in [-0.2, 0) is 17.8 Å². The molecule has 0 radical (unpaired) electrons. The third-order valence-electron chi connectivity index (χ3n) is 9.98. The molecule has 2 heterocycles. The van der Waals surface area contributed by atoms with Gasteiger partial charge in [-0.15, -0.1) is 37.2 Å². The number of piperidine rings is 1. The molecule has 3 unspecified atom stereocenters. The van der Waals surface area contributed by atoms with Gasteiger partial charge in [0.2, 0.25) is 0 Å². The summed E-state index contributed by atoms with van der Waals surface area (Å²) in [5.41, 5.74) is 4.54. The van der Waals surface area contributed by atoms with Crippen LogP contribution in [0.5, 0.6) is 5.75 Å². The number of aliphatic carboxylic acids is 1. The predicted molar refractivity (Wildman–Crippen MR) is 193 cm³/mol. The van der Waals surface area contributed by atoms with Crippen LogP contribution >= 0.6 is 37.2 Å². The highest BCUT2D eigenvalue weighted by molar-refractivity contribution is 5.86. The molecule has 4 atom stereocenters. The Morgan fingerprint density at radius 2 is 1.72 bits per heavy atom. The summed E-state index contributed by atoms with van der Waals surface area (Å²) in [6.07, 6.45) is 5.28. The minimum atomic E-state index is -0.758. The first-order valence-corrected chi connectivity index (χ1v) is 16.4. The first-order valence-electron chi connectivity index (χ1n) is 16.4. The Kier molecular flexibility index (Phi) is 16.0. The van der Waals surface area contributed by atoms with Crippen LogP contribution in [0.15, 0.2) is 54.6 Å². The molecule has 5 rings (SSSR count). The van der Waals surface area contributed by atoms with Crippen molar-refractivity contribution in [1.82, 2.24) is 19.6 Å². The van der Waals surface area contributed by atoms with Crippen LogP contribution in [0.25, 0.3) is 0 Å². The van der Waals surface area contributed by atoms with Crippen molar-refractivity contribution < 1.29 is 19.4 Å². The van der Waals surface area contributed by atoms with Crippen molar-refractivity contribution in [3.8, 4) is 5.75 Å². The van der Waals surface area contributed by atoms with Gasteiger partial charge in [0.25, 0.3) is 0 Å². The molecule has 2 aromatic carbocycles. The Morgan fingerprint density at radius 1 is 1.04 bits per heavy atom. The lowest BCUT2D eigenvalue weighted by Gasteiger charge is -2.35. The molecule has 1 saturated heterocycles. The molecule has 3 aromatic rings. The standard InChI is InChI=1S/C36H49FN4O3.3ClH/c1-5-41-34(21-30(38-41)18-25-9-11-32(42)12-10-25)26-13-15-40(16-14-26)23-28-20-31(39(4)35(36(43)44)17-24(2)3)22-33(28)27-7-6-8-29(37)19-27;;;/h6-12,19,21,24,26,28,31,33,35,42H,5,13-18,20,22-23H2,1-4H3,(H,43,44);3*1H/t28?,31?,33?,35-;;;/m1.../s1. The summed E-state index contributed by atoms with van der Waals surface area (Å²) in [7, 11) is 1.97. The van der Waals surface area contributed by atoms with Gasteiger partial charge in [0, 0.05) is 37.2 Å². The molecule has 0 bridgehead atoms. The number of carboxylic acid groups (broad SMARTS) is 1. The van der Waals surface area contributed by atoms with E-state index in [4.69, 9.17) is 5.10 Å². The third kappa shape index (κ3) is 10.3. The Hall–Kier alpha value is -2.36. The molecule has 1 aromatic heterocycles. The van der Waals surface area contributed by atoms with E-state index in [0.717, 1.165) is 75.1 Å². The van der Waals surface area contributed by atoms with Crippen LogP contribution < -0.4 is 0 Å². The van der Waals surface area contributed by atoms with E-state index in [1.165, 1.54) is 11.8 Å². The van der Waals surface area contributed by atoms with Crippen LogP contribution in [-0.4, -0.2) is 74.5 Å². The molecule has 47 heavy (non-hydrogen) atoms. The highest BCUT2D eigenvalue weighted by Crippen LogP contribution is 2.43. The lowest BCUT2D eigenvalue weighted by Crippen LogP contribution is -2.45. The number of hydrogen-bond donors (Lipinski definition) is 2. The molecule has 7 nitrogen and oxygen atoms in total. The Balaban J connectivity index is 0.00000256. The number of carboxylic acids is 1. The number of likely N-dealkylation sites (tertiary alicyclic amines) is 1. The SMILES string of the molecule is CCn1nc(Cc2ccc(O)cc2)cc1C1CCN(CC2CC(N(C)[C@H](CC(C)C)C(=O)O)CC2c2cccc(F)c2)CC1.Cl.Cl.Cl.